The maximum atomic E-state index is 12.7. The van der Waals surface area contributed by atoms with Gasteiger partial charge in [-0.25, -0.2) is 9.59 Å². The number of carbonyl (C=O) groups is 3. The molecule has 3 atom stereocenters. The number of ether oxygens (including phenoxy) is 1. The summed E-state index contributed by atoms with van der Waals surface area (Å²) in [4.78, 5) is 35.9. The van der Waals surface area contributed by atoms with Crippen molar-refractivity contribution in [3.63, 3.8) is 0 Å². The molecule has 0 aliphatic heterocycles. The van der Waals surface area contributed by atoms with Gasteiger partial charge in [0, 0.05) is 28.7 Å². The zero-order valence-corrected chi connectivity index (χ0v) is 15.5. The van der Waals surface area contributed by atoms with Crippen LogP contribution in [0.2, 0.25) is 0 Å². The largest absolute Gasteiger partial charge is 0.460 e. The van der Waals surface area contributed by atoms with E-state index in [0.29, 0.717) is 16.8 Å². The Morgan fingerprint density at radius 1 is 1.25 bits per heavy atom. The van der Waals surface area contributed by atoms with Gasteiger partial charge in [0.2, 0.25) is 0 Å². The van der Waals surface area contributed by atoms with Crippen molar-refractivity contribution in [2.75, 3.05) is 18.5 Å². The van der Waals surface area contributed by atoms with E-state index in [1.54, 1.807) is 31.2 Å². The number of aliphatic hydroxyl groups excluding tert-OH is 1. The van der Waals surface area contributed by atoms with Crippen LogP contribution in [0.15, 0.2) is 54.7 Å². The number of ketones is 1. The molecule has 7 nitrogen and oxygen atoms in total. The molecule has 0 heterocycles. The van der Waals surface area contributed by atoms with E-state index in [2.05, 4.69) is 17.2 Å². The minimum absolute atomic E-state index is 0.0272. The summed E-state index contributed by atoms with van der Waals surface area (Å²) in [6.45, 7) is 5.17. The molecule has 3 unspecified atom stereocenters. The molecule has 0 saturated heterocycles. The molecule has 1 aromatic carbocycles. The van der Waals surface area contributed by atoms with Crippen LogP contribution >= 0.6 is 0 Å². The number of hydrogen-bond acceptors (Lipinski definition) is 5. The van der Waals surface area contributed by atoms with E-state index in [0.717, 1.165) is 0 Å². The maximum Gasteiger partial charge on any atom is 0.333 e. The SMILES string of the molecule is C=C(C)C(=O)OCCNC(=O)Nc1ccc2c(c1)C(O)C1C=CC=CC1C2=O. The minimum Gasteiger partial charge on any atom is -0.460 e. The first-order valence-corrected chi connectivity index (χ1v) is 8.97. The summed E-state index contributed by atoms with van der Waals surface area (Å²) in [7, 11) is 0. The quantitative estimate of drug-likeness (QED) is 0.412. The lowest BCUT2D eigenvalue weighted by Crippen LogP contribution is -2.34. The molecule has 0 radical (unpaired) electrons. The molecule has 3 rings (SSSR count). The summed E-state index contributed by atoms with van der Waals surface area (Å²) in [5, 5.41) is 15.9. The summed E-state index contributed by atoms with van der Waals surface area (Å²) in [5.74, 6) is -1.23. The fourth-order valence-electron chi connectivity index (χ4n) is 3.29. The van der Waals surface area contributed by atoms with Crippen molar-refractivity contribution >= 4 is 23.5 Å². The highest BCUT2D eigenvalue weighted by molar-refractivity contribution is 6.03. The molecule has 28 heavy (non-hydrogen) atoms. The van der Waals surface area contributed by atoms with Crippen molar-refractivity contribution in [2.45, 2.75) is 13.0 Å². The van der Waals surface area contributed by atoms with E-state index in [4.69, 9.17) is 4.74 Å². The lowest BCUT2D eigenvalue weighted by molar-refractivity contribution is -0.138. The molecule has 7 heteroatoms. The van der Waals surface area contributed by atoms with E-state index < -0.39 is 18.1 Å². The van der Waals surface area contributed by atoms with Crippen LogP contribution in [0.4, 0.5) is 10.5 Å². The van der Waals surface area contributed by atoms with E-state index in [9.17, 15) is 19.5 Å². The Labute approximate surface area is 162 Å². The van der Waals surface area contributed by atoms with Gasteiger partial charge in [-0.05, 0) is 30.7 Å². The summed E-state index contributed by atoms with van der Waals surface area (Å²) in [6.07, 6.45) is 6.43. The summed E-state index contributed by atoms with van der Waals surface area (Å²) < 4.78 is 4.89. The normalized spacial score (nSPS) is 22.1. The number of Topliss-reactive ketones (excluding diaryl/α,β-unsaturated/α-hetero) is 1. The van der Waals surface area contributed by atoms with Crippen LogP contribution in [0.25, 0.3) is 0 Å². The first kappa shape index (κ1) is 19.6. The number of anilines is 1. The molecule has 3 N–H and O–H groups in total. The van der Waals surface area contributed by atoms with Gasteiger partial charge in [-0.2, -0.15) is 0 Å². The van der Waals surface area contributed by atoms with E-state index >= 15 is 0 Å². The first-order valence-electron chi connectivity index (χ1n) is 8.97. The highest BCUT2D eigenvalue weighted by Crippen LogP contribution is 2.41. The Hall–Kier alpha value is -3.19. The molecule has 0 saturated carbocycles. The molecule has 0 fully saturated rings. The third-order valence-corrected chi connectivity index (χ3v) is 4.71. The third-order valence-electron chi connectivity index (χ3n) is 4.71. The molecule has 2 aliphatic rings. The zero-order chi connectivity index (χ0) is 20.3. The van der Waals surface area contributed by atoms with Gasteiger partial charge in [0.05, 0.1) is 12.6 Å². The third kappa shape index (κ3) is 4.04. The fourth-order valence-corrected chi connectivity index (χ4v) is 3.29. The number of carbonyl (C=O) groups excluding carboxylic acids is 3. The van der Waals surface area contributed by atoms with Gasteiger partial charge in [-0.3, -0.25) is 4.79 Å². The molecule has 2 amide bonds. The number of allylic oxidation sites excluding steroid dienone is 3. The number of hydrogen-bond donors (Lipinski definition) is 3. The predicted molar refractivity (Wildman–Crippen MR) is 104 cm³/mol. The molecular weight excluding hydrogens is 360 g/mol. The Morgan fingerprint density at radius 3 is 2.75 bits per heavy atom. The van der Waals surface area contributed by atoms with Crippen LogP contribution < -0.4 is 10.6 Å². The smallest absolute Gasteiger partial charge is 0.333 e. The summed E-state index contributed by atoms with van der Waals surface area (Å²) in [5.41, 5.74) is 1.71. The van der Waals surface area contributed by atoms with Crippen LogP contribution in [0.1, 0.15) is 28.9 Å². The lowest BCUT2D eigenvalue weighted by Gasteiger charge is -2.34. The topological polar surface area (TPSA) is 105 Å². The molecule has 0 spiro atoms. The van der Waals surface area contributed by atoms with Gasteiger partial charge < -0.3 is 20.5 Å². The molecule has 2 aliphatic carbocycles. The maximum absolute atomic E-state index is 12.7. The predicted octanol–water partition coefficient (Wildman–Crippen LogP) is 2.52. The Bertz CT molecular complexity index is 887. The zero-order valence-electron chi connectivity index (χ0n) is 15.5. The van der Waals surface area contributed by atoms with Gasteiger partial charge in [-0.15, -0.1) is 0 Å². The Morgan fingerprint density at radius 2 is 2.00 bits per heavy atom. The minimum atomic E-state index is -0.828. The van der Waals surface area contributed by atoms with Gasteiger partial charge in [0.25, 0.3) is 0 Å². The van der Waals surface area contributed by atoms with E-state index in [1.807, 2.05) is 18.2 Å². The summed E-state index contributed by atoms with van der Waals surface area (Å²) >= 11 is 0. The van der Waals surface area contributed by atoms with Gasteiger partial charge >= 0.3 is 12.0 Å². The van der Waals surface area contributed by atoms with Crippen LogP contribution in [0, 0.1) is 11.8 Å². The average molecular weight is 382 g/mol. The van der Waals surface area contributed by atoms with Crippen LogP contribution in [0.5, 0.6) is 0 Å². The second-order valence-corrected chi connectivity index (χ2v) is 6.78. The number of aliphatic hydroxyl groups is 1. The number of urea groups is 1. The van der Waals surface area contributed by atoms with Crippen molar-refractivity contribution in [3.8, 4) is 0 Å². The highest BCUT2D eigenvalue weighted by Gasteiger charge is 2.39. The van der Waals surface area contributed by atoms with Crippen molar-refractivity contribution < 1.29 is 24.2 Å². The number of nitrogens with one attached hydrogen (secondary N) is 2. The lowest BCUT2D eigenvalue weighted by atomic mass is 9.71. The fraction of sp³-hybridized carbons (Fsp3) is 0.286. The van der Waals surface area contributed by atoms with Gasteiger partial charge in [0.1, 0.15) is 6.61 Å². The second-order valence-electron chi connectivity index (χ2n) is 6.78. The molecule has 146 valence electrons. The van der Waals surface area contributed by atoms with Crippen molar-refractivity contribution in [3.05, 3.63) is 65.8 Å². The van der Waals surface area contributed by atoms with Crippen molar-refractivity contribution in [1.29, 1.82) is 0 Å². The first-order chi connectivity index (χ1) is 13.4. The van der Waals surface area contributed by atoms with Gasteiger partial charge in [-0.1, -0.05) is 30.9 Å². The van der Waals surface area contributed by atoms with Crippen molar-refractivity contribution in [2.24, 2.45) is 11.8 Å². The Kier molecular flexibility index (Phi) is 5.75. The molecule has 0 bridgehead atoms. The summed E-state index contributed by atoms with van der Waals surface area (Å²) in [6, 6.07) is 4.36. The number of esters is 1. The average Bonchev–Trinajstić information content (AvgIpc) is 2.69. The van der Waals surface area contributed by atoms with Crippen LogP contribution in [-0.4, -0.2) is 36.0 Å². The molecule has 0 aromatic heterocycles. The second kappa shape index (κ2) is 8.22. The monoisotopic (exact) mass is 382 g/mol. The van der Waals surface area contributed by atoms with E-state index in [-0.39, 0.29) is 36.3 Å². The number of benzene rings is 1. The van der Waals surface area contributed by atoms with Crippen LogP contribution in [0.3, 0.4) is 0 Å². The number of amides is 2. The highest BCUT2D eigenvalue weighted by atomic mass is 16.5. The standard InChI is InChI=1S/C21H22N2O5/c1-12(2)20(26)28-10-9-22-21(27)23-13-7-8-16-17(11-13)19(25)15-6-4-3-5-14(15)18(16)24/h3-8,11,14-15,19,25H,1,9-10H2,2H3,(H2,22,23,27). The Balaban J connectivity index is 1.62. The molecule has 1 aromatic rings. The number of rotatable bonds is 5. The van der Waals surface area contributed by atoms with Crippen LogP contribution in [-0.2, 0) is 9.53 Å². The van der Waals surface area contributed by atoms with Crippen molar-refractivity contribution in [1.82, 2.24) is 5.32 Å². The van der Waals surface area contributed by atoms with E-state index in [1.165, 1.54) is 0 Å². The number of fused-ring (bicyclic) bond motifs is 2. The molecular formula is C21H22N2O5. The van der Waals surface area contributed by atoms with Gasteiger partial charge in [0.15, 0.2) is 5.78 Å².